The van der Waals surface area contributed by atoms with E-state index in [9.17, 15) is 4.79 Å². The van der Waals surface area contributed by atoms with Crippen molar-refractivity contribution < 1.29 is 13.9 Å². The van der Waals surface area contributed by atoms with E-state index in [1.54, 1.807) is 26.5 Å². The highest BCUT2D eigenvalue weighted by Crippen LogP contribution is 2.31. The summed E-state index contributed by atoms with van der Waals surface area (Å²) in [6.07, 6.45) is 3.99. The van der Waals surface area contributed by atoms with E-state index in [4.69, 9.17) is 9.15 Å². The molecule has 2 heterocycles. The van der Waals surface area contributed by atoms with Crippen molar-refractivity contribution in [3.63, 3.8) is 0 Å². The van der Waals surface area contributed by atoms with Crippen molar-refractivity contribution in [1.29, 1.82) is 0 Å². The molecule has 0 bridgehead atoms. The molecular weight excluding hydrogens is 382 g/mol. The number of para-hydroxylation sites is 1. The smallest absolute Gasteiger partial charge is 0.239 e. The Morgan fingerprint density at radius 3 is 2.67 bits per heavy atom. The van der Waals surface area contributed by atoms with Gasteiger partial charge >= 0.3 is 0 Å². The number of nitrogens with zero attached hydrogens (tertiary/aromatic N) is 2. The van der Waals surface area contributed by atoms with E-state index in [1.807, 2.05) is 24.3 Å². The molecule has 3 rings (SSSR count). The maximum Gasteiger partial charge on any atom is 0.239 e. The lowest BCUT2D eigenvalue weighted by Crippen LogP contribution is -2.45. The van der Waals surface area contributed by atoms with Crippen molar-refractivity contribution in [3.8, 4) is 5.75 Å². The first-order valence-corrected chi connectivity index (χ1v) is 10.3. The van der Waals surface area contributed by atoms with Crippen molar-refractivity contribution in [2.45, 2.75) is 25.4 Å². The first-order valence-electron chi connectivity index (χ1n) is 10.3. The van der Waals surface area contributed by atoms with Crippen molar-refractivity contribution in [1.82, 2.24) is 20.9 Å². The molecule has 8 heteroatoms. The number of furan rings is 1. The highest BCUT2D eigenvalue weighted by atomic mass is 16.5. The fourth-order valence-electron chi connectivity index (χ4n) is 3.67. The summed E-state index contributed by atoms with van der Waals surface area (Å²) in [6.45, 7) is 3.28. The van der Waals surface area contributed by atoms with E-state index in [0.29, 0.717) is 19.0 Å². The van der Waals surface area contributed by atoms with Gasteiger partial charge in [-0.1, -0.05) is 18.2 Å². The number of hydrogen-bond donors (Lipinski definition) is 3. The van der Waals surface area contributed by atoms with Gasteiger partial charge in [0.05, 0.1) is 32.5 Å². The summed E-state index contributed by atoms with van der Waals surface area (Å²) in [7, 11) is 3.40. The summed E-state index contributed by atoms with van der Waals surface area (Å²) in [5, 5.41) is 9.25. The van der Waals surface area contributed by atoms with Crippen LogP contribution >= 0.6 is 0 Å². The topological polar surface area (TPSA) is 91.1 Å². The minimum atomic E-state index is -0.129. The minimum Gasteiger partial charge on any atom is -0.496 e. The Morgan fingerprint density at radius 2 is 1.97 bits per heavy atom. The zero-order chi connectivity index (χ0) is 21.2. The molecule has 8 nitrogen and oxygen atoms in total. The second-order valence-electron chi connectivity index (χ2n) is 7.16. The van der Waals surface area contributed by atoms with Gasteiger partial charge in [0, 0.05) is 19.2 Å². The van der Waals surface area contributed by atoms with E-state index in [-0.39, 0.29) is 18.5 Å². The summed E-state index contributed by atoms with van der Waals surface area (Å²) in [4.78, 5) is 18.8. The molecule has 162 valence electrons. The number of amides is 1. The van der Waals surface area contributed by atoms with Crippen LogP contribution in [-0.2, 0) is 11.3 Å². The Balaban J connectivity index is 1.54. The third-order valence-corrected chi connectivity index (χ3v) is 5.22. The average molecular weight is 414 g/mol. The van der Waals surface area contributed by atoms with E-state index < -0.39 is 0 Å². The van der Waals surface area contributed by atoms with Crippen LogP contribution in [0.4, 0.5) is 0 Å². The van der Waals surface area contributed by atoms with Gasteiger partial charge in [0.25, 0.3) is 0 Å². The Bertz CT molecular complexity index is 816. The van der Waals surface area contributed by atoms with E-state index in [2.05, 4.69) is 31.9 Å². The molecule has 0 radical (unpaired) electrons. The fraction of sp³-hybridized carbons (Fsp3) is 0.455. The number of carbonyl (C=O) groups is 1. The number of carbonyl (C=O) groups excluding carboxylic acids is 1. The highest BCUT2D eigenvalue weighted by Gasteiger charge is 2.26. The molecule has 1 aliphatic rings. The van der Waals surface area contributed by atoms with Crippen LogP contribution in [0.2, 0.25) is 0 Å². The van der Waals surface area contributed by atoms with Gasteiger partial charge in [-0.3, -0.25) is 14.7 Å². The Hall–Kier alpha value is -3.00. The number of hydrogen-bond acceptors (Lipinski definition) is 5. The third kappa shape index (κ3) is 6.00. The maximum atomic E-state index is 12.1. The van der Waals surface area contributed by atoms with Gasteiger partial charge in [0.1, 0.15) is 11.5 Å². The number of aliphatic imine (C=N–C) groups is 1. The van der Waals surface area contributed by atoms with Crippen molar-refractivity contribution in [2.24, 2.45) is 4.99 Å². The lowest BCUT2D eigenvalue weighted by Gasteiger charge is -2.30. The number of benzene rings is 1. The molecule has 1 atom stereocenters. The normalized spacial score (nSPS) is 15.6. The minimum absolute atomic E-state index is 0.128. The molecule has 1 fully saturated rings. The molecule has 1 aromatic heterocycles. The van der Waals surface area contributed by atoms with Crippen LogP contribution in [0.15, 0.2) is 52.1 Å². The number of ether oxygens (including phenoxy) is 1. The monoisotopic (exact) mass is 413 g/mol. The number of likely N-dealkylation sites (tertiary alicyclic amines) is 1. The van der Waals surface area contributed by atoms with Crippen molar-refractivity contribution in [2.75, 3.05) is 40.3 Å². The zero-order valence-electron chi connectivity index (χ0n) is 17.7. The molecule has 1 unspecified atom stereocenters. The lowest BCUT2D eigenvalue weighted by atomic mass is 10.0. The van der Waals surface area contributed by atoms with Gasteiger partial charge in [-0.15, -0.1) is 0 Å². The molecular formula is C22H31N5O3. The van der Waals surface area contributed by atoms with Gasteiger partial charge in [-0.05, 0) is 44.1 Å². The molecule has 3 N–H and O–H groups in total. The molecule has 0 aliphatic carbocycles. The summed E-state index contributed by atoms with van der Waals surface area (Å²) in [5.74, 6) is 2.06. The molecule has 1 aliphatic heterocycles. The predicted molar refractivity (Wildman–Crippen MR) is 116 cm³/mol. The second kappa shape index (κ2) is 11.3. The van der Waals surface area contributed by atoms with E-state index in [1.165, 1.54) is 12.8 Å². The summed E-state index contributed by atoms with van der Waals surface area (Å²) >= 11 is 0. The number of guanidine groups is 1. The second-order valence-corrected chi connectivity index (χ2v) is 7.16. The third-order valence-electron chi connectivity index (χ3n) is 5.22. The largest absolute Gasteiger partial charge is 0.496 e. The number of rotatable bonds is 9. The van der Waals surface area contributed by atoms with Crippen LogP contribution in [0.5, 0.6) is 5.75 Å². The standard InChI is InChI=1S/C22H31N5O3/c1-23-22(26-16-21(28)24-14-17-8-7-13-30-17)25-15-19(27-11-5-6-12-27)18-9-3-4-10-20(18)29-2/h3-4,7-10,13,19H,5-6,11-12,14-16H2,1-2H3,(H,24,28)(H2,23,25,26). The van der Waals surface area contributed by atoms with Crippen molar-refractivity contribution in [3.05, 3.63) is 54.0 Å². The van der Waals surface area contributed by atoms with E-state index in [0.717, 1.165) is 30.2 Å². The zero-order valence-corrected chi connectivity index (χ0v) is 17.7. The van der Waals surface area contributed by atoms with Gasteiger partial charge in [-0.2, -0.15) is 0 Å². The summed E-state index contributed by atoms with van der Waals surface area (Å²) in [5.41, 5.74) is 1.15. The average Bonchev–Trinajstić information content (AvgIpc) is 3.49. The summed E-state index contributed by atoms with van der Waals surface area (Å²) < 4.78 is 10.8. The van der Waals surface area contributed by atoms with Crippen molar-refractivity contribution >= 4 is 11.9 Å². The molecule has 30 heavy (non-hydrogen) atoms. The molecule has 1 saturated heterocycles. The van der Waals surface area contributed by atoms with Crippen LogP contribution in [0.1, 0.15) is 30.2 Å². The van der Waals surface area contributed by atoms with Crippen LogP contribution in [0.3, 0.4) is 0 Å². The molecule has 1 amide bonds. The van der Waals surface area contributed by atoms with Gasteiger partial charge in [0.15, 0.2) is 5.96 Å². The molecule has 2 aromatic rings. The number of nitrogens with one attached hydrogen (secondary N) is 3. The predicted octanol–water partition coefficient (Wildman–Crippen LogP) is 1.91. The van der Waals surface area contributed by atoms with Crippen LogP contribution in [0.25, 0.3) is 0 Å². The number of methoxy groups -OCH3 is 1. The Morgan fingerprint density at radius 1 is 1.17 bits per heavy atom. The Labute approximate surface area is 177 Å². The van der Waals surface area contributed by atoms with Crippen LogP contribution in [0, 0.1) is 0 Å². The summed E-state index contributed by atoms with van der Waals surface area (Å²) in [6, 6.07) is 11.9. The van der Waals surface area contributed by atoms with Crippen LogP contribution in [-0.4, -0.2) is 57.1 Å². The fourth-order valence-corrected chi connectivity index (χ4v) is 3.67. The molecule has 1 aromatic carbocycles. The maximum absolute atomic E-state index is 12.1. The molecule has 0 spiro atoms. The Kier molecular flexibility index (Phi) is 8.14. The lowest BCUT2D eigenvalue weighted by molar-refractivity contribution is -0.120. The van der Waals surface area contributed by atoms with Gasteiger partial charge in [-0.25, -0.2) is 0 Å². The first-order chi connectivity index (χ1) is 14.7. The van der Waals surface area contributed by atoms with Gasteiger partial charge in [0.2, 0.25) is 5.91 Å². The first kappa shape index (κ1) is 21.7. The quantitative estimate of drug-likeness (QED) is 0.430. The van der Waals surface area contributed by atoms with E-state index >= 15 is 0 Å². The molecule has 0 saturated carbocycles. The van der Waals surface area contributed by atoms with Crippen LogP contribution < -0.4 is 20.7 Å². The highest BCUT2D eigenvalue weighted by molar-refractivity contribution is 5.86. The SMILES string of the molecule is CN=C(NCC(=O)NCc1ccco1)NCC(c1ccccc1OC)N1CCCC1. The van der Waals surface area contributed by atoms with Gasteiger partial charge < -0.3 is 25.1 Å².